The van der Waals surface area contributed by atoms with Crippen molar-refractivity contribution in [3.8, 4) is 0 Å². The smallest absolute Gasteiger partial charge is 0.414 e. The molecule has 0 spiro atoms. The van der Waals surface area contributed by atoms with E-state index in [1.54, 1.807) is 0 Å². The number of aliphatic hydroxyl groups excluding tert-OH is 1. The second-order valence-electron chi connectivity index (χ2n) is 18.1. The Morgan fingerprint density at radius 2 is 0.889 bits per heavy atom. The number of hydrogen-bond acceptors (Lipinski definition) is 11. The predicted octanol–water partition coefficient (Wildman–Crippen LogP) is 10.4. The first-order valence-corrected chi connectivity index (χ1v) is 29.7. The van der Waals surface area contributed by atoms with Crippen LogP contribution in [0.2, 0.25) is 44.3 Å². The highest BCUT2D eigenvalue weighted by Gasteiger charge is 2.70. The van der Waals surface area contributed by atoms with Crippen LogP contribution in [0.5, 0.6) is 0 Å². The SMILES string of the molecule is COP(=O)(OCc1ccccc1)OC1[C@H]2O[Si](C(C)C)(C(C)C)O[Si](C(C)C)(C(C)C)O[C@@H]2C(O)[C@@H]2O[Si](C(C)C)(C(C)C)O[Si](C(C)C)(C(C)C)O[C@@H]12. The van der Waals surface area contributed by atoms with Crippen LogP contribution in [0.3, 0.4) is 0 Å². The highest BCUT2D eigenvalue weighted by atomic mass is 31.2. The van der Waals surface area contributed by atoms with Gasteiger partial charge < -0.3 is 31.0 Å². The molecule has 2 heterocycles. The van der Waals surface area contributed by atoms with E-state index >= 15 is 0 Å². The second kappa shape index (κ2) is 17.6. The lowest BCUT2D eigenvalue weighted by molar-refractivity contribution is -0.201. The summed E-state index contributed by atoms with van der Waals surface area (Å²) in [7, 11) is -15.8. The van der Waals surface area contributed by atoms with Gasteiger partial charge in [-0.05, 0) is 49.9 Å². The highest BCUT2D eigenvalue weighted by molar-refractivity contribution is 7.48. The van der Waals surface area contributed by atoms with Crippen molar-refractivity contribution in [2.45, 2.75) is 198 Å². The van der Waals surface area contributed by atoms with Crippen molar-refractivity contribution in [1.82, 2.24) is 0 Å². The van der Waals surface area contributed by atoms with Crippen molar-refractivity contribution < 1.29 is 49.2 Å². The number of fused-ring (bicyclic) bond motifs is 2. The fourth-order valence-corrected chi connectivity index (χ4v) is 32.6. The molecule has 0 bridgehead atoms. The van der Waals surface area contributed by atoms with Gasteiger partial charge in [-0.25, -0.2) is 4.57 Å². The molecule has 1 aromatic rings. The van der Waals surface area contributed by atoms with Gasteiger partial charge in [0.15, 0.2) is 0 Å². The summed E-state index contributed by atoms with van der Waals surface area (Å²) >= 11 is 0. The Hall–Kier alpha value is -0.0825. The van der Waals surface area contributed by atoms with Crippen LogP contribution in [-0.4, -0.2) is 83.1 Å². The van der Waals surface area contributed by atoms with E-state index in [1.807, 2.05) is 30.3 Å². The third-order valence-corrected chi connectivity index (χ3v) is 34.0. The Labute approximate surface area is 331 Å². The molecule has 0 amide bonds. The number of benzene rings is 1. The van der Waals surface area contributed by atoms with Crippen LogP contribution in [0.4, 0.5) is 0 Å². The Morgan fingerprint density at radius 1 is 0.574 bits per heavy atom. The molecule has 2 saturated heterocycles. The monoisotopic (exact) mass is 848 g/mol. The van der Waals surface area contributed by atoms with Crippen molar-refractivity contribution in [1.29, 1.82) is 0 Å². The Morgan fingerprint density at radius 3 is 1.19 bits per heavy atom. The largest absolute Gasteiger partial charge is 0.475 e. The van der Waals surface area contributed by atoms with Gasteiger partial charge in [-0.3, -0.25) is 13.6 Å². The third kappa shape index (κ3) is 8.49. The molecule has 54 heavy (non-hydrogen) atoms. The summed E-state index contributed by atoms with van der Waals surface area (Å²) in [6.45, 7) is 34.3. The van der Waals surface area contributed by atoms with E-state index < -0.39 is 78.7 Å². The van der Waals surface area contributed by atoms with Gasteiger partial charge in [0.05, 0.1) is 6.61 Å². The van der Waals surface area contributed by atoms with Crippen molar-refractivity contribution in [3.63, 3.8) is 0 Å². The molecule has 3 unspecified atom stereocenters. The highest BCUT2D eigenvalue weighted by Crippen LogP contribution is 2.58. The normalized spacial score (nSPS) is 30.6. The van der Waals surface area contributed by atoms with E-state index in [-0.39, 0.29) is 50.9 Å². The van der Waals surface area contributed by atoms with Gasteiger partial charge in [-0.15, -0.1) is 0 Å². The lowest BCUT2D eigenvalue weighted by Crippen LogP contribution is -2.70. The Kier molecular flexibility index (Phi) is 15.2. The molecule has 1 saturated carbocycles. The minimum atomic E-state index is -4.31. The van der Waals surface area contributed by atoms with Crippen LogP contribution in [0, 0.1) is 0 Å². The summed E-state index contributed by atoms with van der Waals surface area (Å²) in [5.74, 6) is 0. The molecule has 312 valence electrons. The van der Waals surface area contributed by atoms with Crippen LogP contribution in [0.15, 0.2) is 30.3 Å². The summed E-state index contributed by atoms with van der Waals surface area (Å²) in [5.41, 5.74) is 0.879. The summed E-state index contributed by atoms with van der Waals surface area (Å²) in [4.78, 5) is 0. The van der Waals surface area contributed by atoms with Crippen LogP contribution in [0.1, 0.15) is 116 Å². The molecule has 1 aliphatic carbocycles. The number of hydrogen-bond donors (Lipinski definition) is 1. The number of phosphoric acid groups is 1. The molecule has 11 nitrogen and oxygen atoms in total. The maximum absolute atomic E-state index is 14.8. The quantitative estimate of drug-likeness (QED) is 0.142. The molecule has 0 radical (unpaired) electrons. The Balaban J connectivity index is 2.05. The van der Waals surface area contributed by atoms with Crippen molar-refractivity contribution in [2.75, 3.05) is 7.11 Å². The molecule has 3 aliphatic rings. The molecule has 1 aromatic carbocycles. The zero-order valence-electron chi connectivity index (χ0n) is 36.2. The maximum Gasteiger partial charge on any atom is 0.475 e. The molecular weight excluding hydrogens is 776 g/mol. The van der Waals surface area contributed by atoms with E-state index in [0.29, 0.717) is 0 Å². The summed E-state index contributed by atoms with van der Waals surface area (Å²) in [6.07, 6.45) is -6.16. The number of phosphoric ester groups is 1. The number of aliphatic hydroxyl groups is 1. The molecular formula is C38H73O11PSi4. The van der Waals surface area contributed by atoms with Gasteiger partial charge >= 0.3 is 42.1 Å². The van der Waals surface area contributed by atoms with Crippen molar-refractivity contribution in [3.05, 3.63) is 35.9 Å². The Bertz CT molecular complexity index is 1310. The van der Waals surface area contributed by atoms with E-state index in [9.17, 15) is 9.67 Å². The minimum absolute atomic E-state index is 0.000306. The van der Waals surface area contributed by atoms with Crippen LogP contribution >= 0.6 is 7.82 Å². The third-order valence-electron chi connectivity index (χ3n) is 12.0. The van der Waals surface area contributed by atoms with E-state index in [0.717, 1.165) is 5.56 Å². The van der Waals surface area contributed by atoms with Gasteiger partial charge in [0.1, 0.15) is 36.6 Å². The van der Waals surface area contributed by atoms with Crippen molar-refractivity contribution >= 4 is 42.1 Å². The fourth-order valence-electron chi connectivity index (χ4n) is 8.95. The van der Waals surface area contributed by atoms with Crippen LogP contribution < -0.4 is 0 Å². The van der Waals surface area contributed by atoms with Gasteiger partial charge in [0.2, 0.25) is 0 Å². The fraction of sp³-hybridized carbons (Fsp3) is 0.842. The van der Waals surface area contributed by atoms with Crippen molar-refractivity contribution in [2.24, 2.45) is 0 Å². The standard InChI is InChI=1S/C38H73O11PSi4/c1-24(2)51(25(3)4)44-34-33(39)35-38(47-54(30(13)14,31(15)16)49-52(45-35,26(5)6)27(7)8)36(37(34)46-53(48-51,28(9)10)29(11)12)43-50(40,41-17)42-23-32-21-19-18-20-22-32/h18-22,24-31,33-39H,23H2,1-17H3/t33?,34-,35+,36?,37+,38-,50?. The average molecular weight is 849 g/mol. The average Bonchev–Trinajstić information content (AvgIpc) is 3.39. The minimum Gasteiger partial charge on any atom is -0.414 e. The summed E-state index contributed by atoms with van der Waals surface area (Å²) in [5, 5.41) is 12.9. The zero-order chi connectivity index (χ0) is 40.8. The van der Waals surface area contributed by atoms with Gasteiger partial charge in [-0.2, -0.15) is 0 Å². The van der Waals surface area contributed by atoms with E-state index in [2.05, 4.69) is 111 Å². The van der Waals surface area contributed by atoms with E-state index in [4.69, 9.17) is 39.5 Å². The molecule has 16 heteroatoms. The molecule has 4 rings (SSSR count). The first-order chi connectivity index (χ1) is 25.0. The zero-order valence-corrected chi connectivity index (χ0v) is 41.0. The number of rotatable bonds is 14. The second-order valence-corrected chi connectivity index (χ2v) is 37.4. The molecule has 0 aromatic heterocycles. The maximum atomic E-state index is 14.8. The lowest BCUT2D eigenvalue weighted by atomic mass is 9.85. The van der Waals surface area contributed by atoms with Gasteiger partial charge in [0, 0.05) is 7.11 Å². The van der Waals surface area contributed by atoms with Crippen LogP contribution in [0.25, 0.3) is 0 Å². The molecule has 3 fully saturated rings. The first kappa shape index (κ1) is 46.6. The van der Waals surface area contributed by atoms with Gasteiger partial charge in [-0.1, -0.05) is 141 Å². The molecule has 2 aliphatic heterocycles. The lowest BCUT2D eigenvalue weighted by Gasteiger charge is -2.51. The molecule has 7 atom stereocenters. The van der Waals surface area contributed by atoms with E-state index in [1.165, 1.54) is 7.11 Å². The summed E-state index contributed by atoms with van der Waals surface area (Å²) in [6, 6.07) is 9.48. The predicted molar refractivity (Wildman–Crippen MR) is 222 cm³/mol. The molecule has 1 N–H and O–H groups in total. The summed E-state index contributed by atoms with van der Waals surface area (Å²) < 4.78 is 78.3. The topological polar surface area (TPSA) is 120 Å². The van der Waals surface area contributed by atoms with Gasteiger partial charge in [0.25, 0.3) is 0 Å². The first-order valence-electron chi connectivity index (χ1n) is 20.3. The van der Waals surface area contributed by atoms with Crippen LogP contribution in [-0.2, 0) is 50.7 Å².